The second-order valence-electron chi connectivity index (χ2n) is 5.19. The second-order valence-corrected chi connectivity index (χ2v) is 5.19. The Morgan fingerprint density at radius 2 is 1.96 bits per heavy atom. The van der Waals surface area contributed by atoms with E-state index in [1.54, 1.807) is 43.6 Å². The van der Waals surface area contributed by atoms with Crippen molar-refractivity contribution in [3.8, 4) is 11.4 Å². The van der Waals surface area contributed by atoms with Crippen LogP contribution in [0, 0.1) is 12.7 Å². The number of rotatable bonds is 3. The Morgan fingerprint density at radius 3 is 2.75 bits per heavy atom. The Bertz CT molecular complexity index is 1020. The molecule has 4 rings (SSSR count). The third kappa shape index (κ3) is 2.45. The summed E-state index contributed by atoms with van der Waals surface area (Å²) in [6.07, 6.45) is 3.34. The largest absolute Gasteiger partial charge is 0.338 e. The van der Waals surface area contributed by atoms with Crippen LogP contribution in [0.2, 0.25) is 0 Å². The van der Waals surface area contributed by atoms with E-state index in [1.165, 1.54) is 6.07 Å². The lowest BCUT2D eigenvalue weighted by molar-refractivity contribution is 0.443. The molecule has 3 aromatic heterocycles. The van der Waals surface area contributed by atoms with E-state index in [1.807, 2.05) is 6.07 Å². The average Bonchev–Trinajstić information content (AvgIpc) is 2.97. The number of nitrogens with zero attached hydrogens (tertiary/aromatic N) is 4. The summed E-state index contributed by atoms with van der Waals surface area (Å²) in [7, 11) is 0. The number of anilines is 2. The summed E-state index contributed by atoms with van der Waals surface area (Å²) in [5.74, 6) is 0.313. The SMILES string of the molecule is Cc1noc2nc(-c3ccccc3F)nc(Nc3cccnc3)c12. The van der Waals surface area contributed by atoms with Crippen molar-refractivity contribution < 1.29 is 8.91 Å². The number of aromatic nitrogens is 4. The van der Waals surface area contributed by atoms with Gasteiger partial charge in [-0.1, -0.05) is 17.3 Å². The lowest BCUT2D eigenvalue weighted by Crippen LogP contribution is -2.00. The lowest BCUT2D eigenvalue weighted by atomic mass is 10.2. The van der Waals surface area contributed by atoms with Gasteiger partial charge in [0.1, 0.15) is 17.0 Å². The molecule has 3 heterocycles. The summed E-state index contributed by atoms with van der Waals surface area (Å²) in [5.41, 5.74) is 1.99. The number of benzene rings is 1. The highest BCUT2D eigenvalue weighted by atomic mass is 19.1. The fourth-order valence-electron chi connectivity index (χ4n) is 2.42. The molecule has 0 amide bonds. The third-order valence-corrected chi connectivity index (χ3v) is 3.55. The van der Waals surface area contributed by atoms with E-state index < -0.39 is 5.82 Å². The maximum atomic E-state index is 14.1. The van der Waals surface area contributed by atoms with Crippen LogP contribution >= 0.6 is 0 Å². The van der Waals surface area contributed by atoms with Gasteiger partial charge in [0.25, 0.3) is 5.71 Å². The summed E-state index contributed by atoms with van der Waals surface area (Å²) in [5, 5.41) is 7.75. The molecule has 0 aliphatic heterocycles. The lowest BCUT2D eigenvalue weighted by Gasteiger charge is -2.08. The molecule has 118 valence electrons. The Hall–Kier alpha value is -3.35. The van der Waals surface area contributed by atoms with E-state index >= 15 is 0 Å². The molecule has 0 radical (unpaired) electrons. The monoisotopic (exact) mass is 321 g/mol. The van der Waals surface area contributed by atoms with Crippen LogP contribution in [-0.2, 0) is 0 Å². The van der Waals surface area contributed by atoms with Crippen molar-refractivity contribution >= 4 is 22.6 Å². The molecule has 0 bridgehead atoms. The van der Waals surface area contributed by atoms with Gasteiger partial charge in [-0.3, -0.25) is 4.98 Å². The maximum Gasteiger partial charge on any atom is 0.263 e. The minimum Gasteiger partial charge on any atom is -0.338 e. The molecule has 0 saturated heterocycles. The second kappa shape index (κ2) is 5.69. The molecule has 0 aliphatic rings. The van der Waals surface area contributed by atoms with E-state index in [0.29, 0.717) is 28.2 Å². The molecular formula is C17H12FN5O. The zero-order valence-electron chi connectivity index (χ0n) is 12.7. The summed E-state index contributed by atoms with van der Waals surface area (Å²) >= 11 is 0. The van der Waals surface area contributed by atoms with Gasteiger partial charge in [-0.2, -0.15) is 4.98 Å². The van der Waals surface area contributed by atoms with Crippen LogP contribution in [0.15, 0.2) is 53.3 Å². The van der Waals surface area contributed by atoms with Gasteiger partial charge in [-0.15, -0.1) is 0 Å². The molecule has 6 nitrogen and oxygen atoms in total. The molecule has 0 atom stereocenters. The molecule has 1 aromatic carbocycles. The van der Waals surface area contributed by atoms with Gasteiger partial charge in [-0.25, -0.2) is 9.37 Å². The van der Waals surface area contributed by atoms with Crippen LogP contribution < -0.4 is 5.32 Å². The molecule has 1 N–H and O–H groups in total. The smallest absolute Gasteiger partial charge is 0.263 e. The molecule has 4 aromatic rings. The summed E-state index contributed by atoms with van der Waals surface area (Å²) in [6.45, 7) is 1.80. The first-order valence-corrected chi connectivity index (χ1v) is 7.28. The van der Waals surface area contributed by atoms with Crippen LogP contribution in [0.5, 0.6) is 0 Å². The number of aryl methyl sites for hydroxylation is 1. The van der Waals surface area contributed by atoms with E-state index in [4.69, 9.17) is 4.52 Å². The first-order valence-electron chi connectivity index (χ1n) is 7.28. The van der Waals surface area contributed by atoms with Crippen molar-refractivity contribution in [2.24, 2.45) is 0 Å². The quantitative estimate of drug-likeness (QED) is 0.617. The standard InChI is InChI=1S/C17H12FN5O/c1-10-14-16(20-11-5-4-8-19-9-11)21-15(22-17(14)24-23-10)12-6-2-3-7-13(12)18/h2-9H,1H3,(H,20,21,22). The molecule has 0 aliphatic carbocycles. The number of pyridine rings is 1. The maximum absolute atomic E-state index is 14.1. The number of nitrogens with one attached hydrogen (secondary N) is 1. The van der Waals surface area contributed by atoms with Gasteiger partial charge >= 0.3 is 0 Å². The van der Waals surface area contributed by atoms with Crippen LogP contribution in [-0.4, -0.2) is 20.1 Å². The highest BCUT2D eigenvalue weighted by molar-refractivity contribution is 5.90. The Balaban J connectivity index is 1.90. The van der Waals surface area contributed by atoms with Gasteiger partial charge in [0.15, 0.2) is 5.82 Å². The molecular weight excluding hydrogens is 309 g/mol. The van der Waals surface area contributed by atoms with Gasteiger partial charge in [0, 0.05) is 6.20 Å². The van der Waals surface area contributed by atoms with Crippen LogP contribution in [0.1, 0.15) is 5.69 Å². The topological polar surface area (TPSA) is 76.7 Å². The number of hydrogen-bond donors (Lipinski definition) is 1. The van der Waals surface area contributed by atoms with Gasteiger partial charge < -0.3 is 9.84 Å². The first kappa shape index (κ1) is 14.3. The zero-order valence-corrected chi connectivity index (χ0v) is 12.7. The number of hydrogen-bond acceptors (Lipinski definition) is 6. The first-order chi connectivity index (χ1) is 11.7. The van der Waals surface area contributed by atoms with Crippen molar-refractivity contribution in [3.05, 3.63) is 60.3 Å². The minimum atomic E-state index is -0.402. The van der Waals surface area contributed by atoms with E-state index in [-0.39, 0.29) is 5.82 Å². The van der Waals surface area contributed by atoms with Crippen molar-refractivity contribution in [3.63, 3.8) is 0 Å². The van der Waals surface area contributed by atoms with Gasteiger partial charge in [0.2, 0.25) is 0 Å². The van der Waals surface area contributed by atoms with Crippen molar-refractivity contribution in [1.29, 1.82) is 0 Å². The summed E-state index contributed by atoms with van der Waals surface area (Å²) in [4.78, 5) is 12.8. The molecule has 7 heteroatoms. The molecule has 0 saturated carbocycles. The minimum absolute atomic E-state index is 0.225. The Kier molecular flexibility index (Phi) is 3.38. The molecule has 0 fully saturated rings. The molecule has 0 unspecified atom stereocenters. The summed E-state index contributed by atoms with van der Waals surface area (Å²) < 4.78 is 19.3. The van der Waals surface area contributed by atoms with Crippen molar-refractivity contribution in [2.75, 3.05) is 5.32 Å². The average molecular weight is 321 g/mol. The van der Waals surface area contributed by atoms with Gasteiger partial charge in [-0.05, 0) is 31.2 Å². The number of fused-ring (bicyclic) bond motifs is 1. The third-order valence-electron chi connectivity index (χ3n) is 3.55. The fraction of sp³-hybridized carbons (Fsp3) is 0.0588. The van der Waals surface area contributed by atoms with E-state index in [2.05, 4.69) is 25.4 Å². The van der Waals surface area contributed by atoms with Crippen molar-refractivity contribution in [1.82, 2.24) is 20.1 Å². The Labute approximate surface area is 136 Å². The van der Waals surface area contributed by atoms with E-state index in [0.717, 1.165) is 5.69 Å². The van der Waals surface area contributed by atoms with Crippen LogP contribution in [0.3, 0.4) is 0 Å². The molecule has 24 heavy (non-hydrogen) atoms. The van der Waals surface area contributed by atoms with Crippen molar-refractivity contribution in [2.45, 2.75) is 6.92 Å². The highest BCUT2D eigenvalue weighted by Gasteiger charge is 2.17. The van der Waals surface area contributed by atoms with Crippen LogP contribution in [0.25, 0.3) is 22.5 Å². The normalized spacial score (nSPS) is 10.9. The number of halogens is 1. The predicted molar refractivity (Wildman–Crippen MR) is 87.2 cm³/mol. The predicted octanol–water partition coefficient (Wildman–Crippen LogP) is 3.87. The van der Waals surface area contributed by atoms with E-state index in [9.17, 15) is 4.39 Å². The Morgan fingerprint density at radius 1 is 1.08 bits per heavy atom. The fourth-order valence-corrected chi connectivity index (χ4v) is 2.42. The highest BCUT2D eigenvalue weighted by Crippen LogP contribution is 2.30. The summed E-state index contributed by atoms with van der Waals surface area (Å²) in [6, 6.07) is 9.98. The van der Waals surface area contributed by atoms with Gasteiger partial charge in [0.05, 0.1) is 23.1 Å². The molecule has 0 spiro atoms. The van der Waals surface area contributed by atoms with Crippen LogP contribution in [0.4, 0.5) is 15.9 Å². The zero-order chi connectivity index (χ0) is 16.5.